The molecule has 3 aromatic rings. The summed E-state index contributed by atoms with van der Waals surface area (Å²) in [5, 5.41) is 9.01. The van der Waals surface area contributed by atoms with Gasteiger partial charge in [0.05, 0.1) is 5.52 Å². The monoisotopic (exact) mass is 470 g/mol. The van der Waals surface area contributed by atoms with E-state index in [9.17, 15) is 4.79 Å². The van der Waals surface area contributed by atoms with Crippen LogP contribution < -0.4 is 0 Å². The van der Waals surface area contributed by atoms with Gasteiger partial charge in [-0.05, 0) is 79.6 Å². The van der Waals surface area contributed by atoms with Crippen LogP contribution in [0, 0.1) is 12.8 Å². The lowest BCUT2D eigenvalue weighted by Gasteiger charge is -2.26. The van der Waals surface area contributed by atoms with Crippen molar-refractivity contribution in [2.24, 2.45) is 5.92 Å². The van der Waals surface area contributed by atoms with Crippen molar-refractivity contribution in [3.05, 3.63) is 63.8 Å². The number of hydrogen-bond acceptors (Lipinski definition) is 3. The molecule has 2 aliphatic heterocycles. The summed E-state index contributed by atoms with van der Waals surface area (Å²) in [4.78, 5) is 18.3. The topological polar surface area (TPSA) is 52.2 Å². The molecule has 0 spiro atoms. The average Bonchev–Trinajstić information content (AvgIpc) is 3.48. The summed E-state index contributed by atoms with van der Waals surface area (Å²) in [6.45, 7) is 6.90. The van der Waals surface area contributed by atoms with Crippen molar-refractivity contribution in [1.82, 2.24) is 20.0 Å². The number of H-pyrrole nitrogens is 1. The number of rotatable bonds is 5. The molecule has 3 aliphatic rings. The van der Waals surface area contributed by atoms with E-state index >= 15 is 0 Å². The Hall–Kier alpha value is -2.66. The zero-order valence-electron chi connectivity index (χ0n) is 21.1. The Morgan fingerprint density at radius 2 is 1.74 bits per heavy atom. The summed E-state index contributed by atoms with van der Waals surface area (Å²) < 4.78 is 0. The molecule has 1 saturated carbocycles. The fourth-order valence-electron chi connectivity index (χ4n) is 6.52. The van der Waals surface area contributed by atoms with Crippen LogP contribution in [0.1, 0.15) is 89.7 Å². The quantitative estimate of drug-likeness (QED) is 0.488. The van der Waals surface area contributed by atoms with E-state index in [0.29, 0.717) is 13.1 Å². The third kappa shape index (κ3) is 4.75. The number of benzene rings is 2. The molecule has 0 unspecified atom stereocenters. The minimum atomic E-state index is 0.142. The van der Waals surface area contributed by atoms with Crippen LogP contribution in [0.5, 0.6) is 0 Å². The van der Waals surface area contributed by atoms with E-state index in [1.54, 1.807) is 0 Å². The molecule has 2 fully saturated rings. The minimum Gasteiger partial charge on any atom is -0.330 e. The van der Waals surface area contributed by atoms with Crippen LogP contribution in [0.4, 0.5) is 0 Å². The Balaban J connectivity index is 1.19. The zero-order valence-corrected chi connectivity index (χ0v) is 21.1. The second-order valence-electron chi connectivity index (χ2n) is 11.2. The first-order valence-electron chi connectivity index (χ1n) is 13.7. The number of likely N-dealkylation sites (tertiary alicyclic amines) is 1. The molecule has 2 aromatic carbocycles. The lowest BCUT2D eigenvalue weighted by Crippen LogP contribution is -2.29. The number of fused-ring (bicyclic) bond motifs is 2. The van der Waals surface area contributed by atoms with Crippen LogP contribution >= 0.6 is 0 Å². The molecule has 1 aliphatic carbocycles. The second-order valence-corrected chi connectivity index (χ2v) is 11.2. The number of aryl methyl sites for hydroxylation is 1. The Morgan fingerprint density at radius 3 is 2.57 bits per heavy atom. The molecule has 5 nitrogen and oxygen atoms in total. The van der Waals surface area contributed by atoms with Crippen molar-refractivity contribution in [2.75, 3.05) is 13.1 Å². The van der Waals surface area contributed by atoms with Gasteiger partial charge in [-0.3, -0.25) is 14.8 Å². The first-order chi connectivity index (χ1) is 17.1. The Morgan fingerprint density at radius 1 is 0.971 bits per heavy atom. The number of nitrogens with one attached hydrogen (secondary N) is 1. The summed E-state index contributed by atoms with van der Waals surface area (Å²) in [5.41, 5.74) is 8.01. The van der Waals surface area contributed by atoms with Gasteiger partial charge in [0.25, 0.3) is 5.91 Å². The largest absolute Gasteiger partial charge is 0.330 e. The number of carbonyl (C=O) groups is 1. The van der Waals surface area contributed by atoms with E-state index in [1.807, 2.05) is 11.8 Å². The minimum absolute atomic E-state index is 0.142. The molecule has 1 aromatic heterocycles. The predicted octanol–water partition coefficient (Wildman–Crippen LogP) is 6.14. The van der Waals surface area contributed by atoms with Crippen LogP contribution in [0.3, 0.4) is 0 Å². The van der Waals surface area contributed by atoms with Gasteiger partial charge >= 0.3 is 0 Å². The number of nitrogens with zero attached hydrogens (tertiary/aromatic N) is 3. The molecule has 1 saturated heterocycles. The van der Waals surface area contributed by atoms with Gasteiger partial charge in [0, 0.05) is 36.3 Å². The lowest BCUT2D eigenvalue weighted by molar-refractivity contribution is 0.0751. The standard InChI is InChI=1S/C30H38N4O/c1-21-14-28-27(29(32-31-28)16-22-8-4-2-5-9-22)17-26(21)30(35)34-19-24-11-10-23(15-25(24)20-34)18-33-12-6-3-7-13-33/h10-11,14-15,17,22H,2-9,12-13,16,18-20H2,1H3,(H,31,32). The Labute approximate surface area is 208 Å². The van der Waals surface area contributed by atoms with Gasteiger partial charge in [0.1, 0.15) is 0 Å². The molecular weight excluding hydrogens is 432 g/mol. The van der Waals surface area contributed by atoms with E-state index in [0.717, 1.165) is 40.9 Å². The van der Waals surface area contributed by atoms with Crippen LogP contribution in [-0.4, -0.2) is 39.0 Å². The molecule has 1 N–H and O–H groups in total. The molecule has 3 heterocycles. The maximum Gasteiger partial charge on any atom is 0.254 e. The van der Waals surface area contributed by atoms with Crippen molar-refractivity contribution in [3.63, 3.8) is 0 Å². The van der Waals surface area contributed by atoms with Crippen molar-refractivity contribution in [2.45, 2.75) is 84.3 Å². The Bertz CT molecular complexity index is 1220. The van der Waals surface area contributed by atoms with Crippen molar-refractivity contribution < 1.29 is 4.79 Å². The SMILES string of the molecule is Cc1cc2n[nH]c(CC3CCCCC3)c2cc1C(=O)N1Cc2ccc(CN3CCCCC3)cc2C1. The van der Waals surface area contributed by atoms with E-state index in [2.05, 4.69) is 45.4 Å². The summed E-state index contributed by atoms with van der Waals surface area (Å²) in [6, 6.07) is 11.0. The maximum absolute atomic E-state index is 13.7. The van der Waals surface area contributed by atoms with Gasteiger partial charge in [0.15, 0.2) is 0 Å². The zero-order chi connectivity index (χ0) is 23.8. The van der Waals surface area contributed by atoms with Gasteiger partial charge in [-0.25, -0.2) is 0 Å². The highest BCUT2D eigenvalue weighted by Gasteiger charge is 2.27. The third-order valence-corrected chi connectivity index (χ3v) is 8.56. The number of aromatic nitrogens is 2. The molecule has 6 rings (SSSR count). The molecule has 5 heteroatoms. The van der Waals surface area contributed by atoms with E-state index in [-0.39, 0.29) is 5.91 Å². The van der Waals surface area contributed by atoms with Crippen LogP contribution in [0.2, 0.25) is 0 Å². The normalized spacial score (nSPS) is 19.4. The summed E-state index contributed by atoms with van der Waals surface area (Å²) >= 11 is 0. The first-order valence-corrected chi connectivity index (χ1v) is 13.7. The molecule has 0 bridgehead atoms. The number of aromatic amines is 1. The fourth-order valence-corrected chi connectivity index (χ4v) is 6.52. The fraction of sp³-hybridized carbons (Fsp3) is 0.533. The van der Waals surface area contributed by atoms with Crippen molar-refractivity contribution in [1.29, 1.82) is 0 Å². The highest BCUT2D eigenvalue weighted by molar-refractivity contribution is 6.00. The van der Waals surface area contributed by atoms with Gasteiger partial charge in [-0.15, -0.1) is 0 Å². The number of amides is 1. The first kappa shape index (κ1) is 22.8. The van der Waals surface area contributed by atoms with E-state index < -0.39 is 0 Å². The lowest BCUT2D eigenvalue weighted by atomic mass is 9.85. The van der Waals surface area contributed by atoms with E-state index in [1.165, 1.54) is 86.8 Å². The summed E-state index contributed by atoms with van der Waals surface area (Å²) in [7, 11) is 0. The van der Waals surface area contributed by atoms with E-state index in [4.69, 9.17) is 0 Å². The molecule has 1 amide bonds. The van der Waals surface area contributed by atoms with Crippen LogP contribution in [-0.2, 0) is 26.1 Å². The maximum atomic E-state index is 13.7. The molecule has 35 heavy (non-hydrogen) atoms. The number of hydrogen-bond donors (Lipinski definition) is 1. The molecular formula is C30H38N4O. The highest BCUT2D eigenvalue weighted by atomic mass is 16.2. The number of piperidine rings is 1. The van der Waals surface area contributed by atoms with Gasteiger partial charge in [-0.1, -0.05) is 56.7 Å². The number of carbonyl (C=O) groups excluding carboxylic acids is 1. The average molecular weight is 471 g/mol. The predicted molar refractivity (Wildman–Crippen MR) is 140 cm³/mol. The molecule has 184 valence electrons. The summed E-state index contributed by atoms with van der Waals surface area (Å²) in [5.74, 6) is 0.878. The third-order valence-electron chi connectivity index (χ3n) is 8.56. The molecule has 0 atom stereocenters. The second kappa shape index (κ2) is 9.77. The van der Waals surface area contributed by atoms with Gasteiger partial charge < -0.3 is 4.90 Å². The van der Waals surface area contributed by atoms with Crippen LogP contribution in [0.15, 0.2) is 30.3 Å². The molecule has 0 radical (unpaired) electrons. The van der Waals surface area contributed by atoms with Crippen LogP contribution in [0.25, 0.3) is 10.9 Å². The highest BCUT2D eigenvalue weighted by Crippen LogP contribution is 2.31. The van der Waals surface area contributed by atoms with Gasteiger partial charge in [-0.2, -0.15) is 5.10 Å². The smallest absolute Gasteiger partial charge is 0.254 e. The van der Waals surface area contributed by atoms with Gasteiger partial charge in [0.2, 0.25) is 0 Å². The van der Waals surface area contributed by atoms with Crippen molar-refractivity contribution in [3.8, 4) is 0 Å². The van der Waals surface area contributed by atoms with Crippen molar-refractivity contribution >= 4 is 16.8 Å². The Kier molecular flexibility index (Phi) is 6.36. The summed E-state index contributed by atoms with van der Waals surface area (Å²) in [6.07, 6.45) is 11.7.